The van der Waals surface area contributed by atoms with Crippen molar-refractivity contribution in [2.45, 2.75) is 52.5 Å². The Labute approximate surface area is 192 Å². The van der Waals surface area contributed by atoms with Crippen LogP contribution in [0.5, 0.6) is 5.75 Å². The van der Waals surface area contributed by atoms with Crippen LogP contribution >= 0.6 is 24.0 Å². The van der Waals surface area contributed by atoms with Gasteiger partial charge in [-0.1, -0.05) is 30.5 Å². The number of halogens is 1. The van der Waals surface area contributed by atoms with Gasteiger partial charge in [0.2, 0.25) is 5.91 Å². The van der Waals surface area contributed by atoms with Crippen LogP contribution in [0.2, 0.25) is 0 Å². The third kappa shape index (κ3) is 6.49. The Morgan fingerprint density at radius 3 is 2.52 bits per heavy atom. The molecule has 0 aliphatic heterocycles. The van der Waals surface area contributed by atoms with E-state index >= 15 is 0 Å². The normalized spacial score (nSPS) is 16.6. The molecule has 1 atom stereocenters. The summed E-state index contributed by atoms with van der Waals surface area (Å²) in [7, 11) is 5.36. The van der Waals surface area contributed by atoms with Crippen molar-refractivity contribution in [3.63, 3.8) is 0 Å². The number of nitrogens with one attached hydrogen (secondary N) is 2. The molecule has 1 unspecified atom stereocenters. The maximum Gasteiger partial charge on any atom is 0.230 e. The highest BCUT2D eigenvalue weighted by molar-refractivity contribution is 14.0. The highest BCUT2D eigenvalue weighted by Gasteiger charge is 2.42. The van der Waals surface area contributed by atoms with Crippen molar-refractivity contribution < 1.29 is 9.53 Å². The standard InChI is InChI=1S/C22H36N4O2.HI/c1-7-23-21(24-15-22(12-8-9-13-22)20(27)26(4)5)25-17(3)18-14-16(2)10-11-19(18)28-6;/h10-11,14,17H,7-9,12-13,15H2,1-6H3,(H2,23,24,25);1H. The summed E-state index contributed by atoms with van der Waals surface area (Å²) in [6.07, 6.45) is 4.01. The lowest BCUT2D eigenvalue weighted by Crippen LogP contribution is -2.43. The monoisotopic (exact) mass is 516 g/mol. The van der Waals surface area contributed by atoms with Crippen molar-refractivity contribution in [2.24, 2.45) is 10.4 Å². The summed E-state index contributed by atoms with van der Waals surface area (Å²) in [5.41, 5.74) is 1.91. The van der Waals surface area contributed by atoms with Crippen molar-refractivity contribution in [2.75, 3.05) is 34.3 Å². The van der Waals surface area contributed by atoms with Gasteiger partial charge >= 0.3 is 0 Å². The zero-order valence-electron chi connectivity index (χ0n) is 18.7. The topological polar surface area (TPSA) is 66.0 Å². The second kappa shape index (κ2) is 11.6. The molecule has 0 saturated heterocycles. The number of aryl methyl sites for hydroxylation is 1. The lowest BCUT2D eigenvalue weighted by molar-refractivity contribution is -0.138. The van der Waals surface area contributed by atoms with Gasteiger partial charge in [-0.3, -0.25) is 9.79 Å². The number of rotatable bonds is 7. The number of carbonyl (C=O) groups is 1. The highest BCUT2D eigenvalue weighted by atomic mass is 127. The summed E-state index contributed by atoms with van der Waals surface area (Å²) in [6.45, 7) is 7.49. The second-order valence-electron chi connectivity index (χ2n) is 7.99. The van der Waals surface area contributed by atoms with Gasteiger partial charge in [0.15, 0.2) is 5.96 Å². The Bertz CT molecular complexity index is 700. The van der Waals surface area contributed by atoms with E-state index < -0.39 is 0 Å². The number of hydrogen-bond acceptors (Lipinski definition) is 3. The molecule has 1 amide bonds. The molecule has 2 rings (SSSR count). The molecule has 1 aliphatic rings. The number of amides is 1. The summed E-state index contributed by atoms with van der Waals surface area (Å²) in [5.74, 6) is 1.78. The Hall–Kier alpha value is -1.51. The molecule has 1 fully saturated rings. The summed E-state index contributed by atoms with van der Waals surface area (Å²) in [5, 5.41) is 6.80. The number of ether oxygens (including phenoxy) is 1. The minimum Gasteiger partial charge on any atom is -0.496 e. The van der Waals surface area contributed by atoms with E-state index in [4.69, 9.17) is 9.73 Å². The van der Waals surface area contributed by atoms with E-state index in [1.165, 1.54) is 5.56 Å². The van der Waals surface area contributed by atoms with E-state index in [0.29, 0.717) is 6.54 Å². The SMILES string of the molecule is CCNC(=NCC1(C(=O)N(C)C)CCCC1)NC(C)c1cc(C)ccc1OC.I. The lowest BCUT2D eigenvalue weighted by Gasteiger charge is -2.29. The number of hydrogen-bond donors (Lipinski definition) is 2. The third-order valence-corrected chi connectivity index (χ3v) is 5.51. The molecular weight excluding hydrogens is 479 g/mol. The van der Waals surface area contributed by atoms with Crippen LogP contribution in [0.3, 0.4) is 0 Å². The van der Waals surface area contributed by atoms with Crippen LogP contribution < -0.4 is 15.4 Å². The van der Waals surface area contributed by atoms with Crippen molar-refractivity contribution in [1.82, 2.24) is 15.5 Å². The summed E-state index contributed by atoms with van der Waals surface area (Å²) in [4.78, 5) is 19.3. The zero-order chi connectivity index (χ0) is 20.7. The number of methoxy groups -OCH3 is 1. The number of benzene rings is 1. The molecule has 0 aromatic heterocycles. The maximum absolute atomic E-state index is 12.8. The van der Waals surface area contributed by atoms with E-state index in [0.717, 1.165) is 49.5 Å². The Kier molecular flexibility index (Phi) is 10.2. The van der Waals surface area contributed by atoms with Crippen molar-refractivity contribution in [1.29, 1.82) is 0 Å². The molecule has 164 valence electrons. The largest absolute Gasteiger partial charge is 0.496 e. The highest BCUT2D eigenvalue weighted by Crippen LogP contribution is 2.39. The van der Waals surface area contributed by atoms with Gasteiger partial charge in [0.05, 0.1) is 25.1 Å². The molecule has 1 saturated carbocycles. The first-order valence-corrected chi connectivity index (χ1v) is 10.2. The minimum atomic E-state index is -0.365. The number of nitrogens with zero attached hydrogens (tertiary/aromatic N) is 2. The summed E-state index contributed by atoms with van der Waals surface area (Å²) >= 11 is 0. The fourth-order valence-corrected chi connectivity index (χ4v) is 3.99. The van der Waals surface area contributed by atoms with E-state index in [-0.39, 0.29) is 41.3 Å². The van der Waals surface area contributed by atoms with Crippen LogP contribution in [0, 0.1) is 12.3 Å². The van der Waals surface area contributed by atoms with Gasteiger partial charge in [-0.2, -0.15) is 0 Å². The predicted molar refractivity (Wildman–Crippen MR) is 130 cm³/mol. The van der Waals surface area contributed by atoms with Crippen molar-refractivity contribution >= 4 is 35.8 Å². The van der Waals surface area contributed by atoms with Gasteiger partial charge in [-0.15, -0.1) is 24.0 Å². The molecule has 0 radical (unpaired) electrons. The molecule has 29 heavy (non-hydrogen) atoms. The van der Waals surface area contributed by atoms with Gasteiger partial charge < -0.3 is 20.3 Å². The predicted octanol–water partition coefficient (Wildman–Crippen LogP) is 3.89. The van der Waals surface area contributed by atoms with Crippen LogP contribution in [0.4, 0.5) is 0 Å². The molecule has 6 nitrogen and oxygen atoms in total. The Morgan fingerprint density at radius 1 is 1.31 bits per heavy atom. The van der Waals surface area contributed by atoms with Crippen molar-refractivity contribution in [3.05, 3.63) is 29.3 Å². The molecule has 1 aromatic rings. The van der Waals surface area contributed by atoms with Crippen molar-refractivity contribution in [3.8, 4) is 5.75 Å². The Morgan fingerprint density at radius 2 is 1.97 bits per heavy atom. The third-order valence-electron chi connectivity index (χ3n) is 5.51. The fraction of sp³-hybridized carbons (Fsp3) is 0.636. The molecule has 2 N–H and O–H groups in total. The van der Waals surface area contributed by atoms with E-state index in [2.05, 4.69) is 30.5 Å². The smallest absolute Gasteiger partial charge is 0.230 e. The van der Waals surface area contributed by atoms with Crippen LogP contribution in [-0.4, -0.2) is 51.1 Å². The van der Waals surface area contributed by atoms with Gasteiger partial charge in [-0.05, 0) is 39.7 Å². The molecule has 0 heterocycles. The Balaban J connectivity index is 0.00000420. The average Bonchev–Trinajstić information content (AvgIpc) is 3.15. The molecule has 0 spiro atoms. The lowest BCUT2D eigenvalue weighted by atomic mass is 9.85. The van der Waals surface area contributed by atoms with Gasteiger partial charge in [0, 0.05) is 26.2 Å². The van der Waals surface area contributed by atoms with Crippen LogP contribution in [0.1, 0.15) is 56.7 Å². The minimum absolute atomic E-state index is 0. The molecule has 1 aromatic carbocycles. The van der Waals surface area contributed by atoms with E-state index in [1.807, 2.05) is 33.2 Å². The number of guanidine groups is 1. The zero-order valence-corrected chi connectivity index (χ0v) is 21.0. The average molecular weight is 516 g/mol. The summed E-state index contributed by atoms with van der Waals surface area (Å²) < 4.78 is 5.53. The van der Waals surface area contributed by atoms with Crippen LogP contribution in [0.15, 0.2) is 23.2 Å². The second-order valence-corrected chi connectivity index (χ2v) is 7.99. The molecule has 1 aliphatic carbocycles. The quantitative estimate of drug-likeness (QED) is 0.328. The number of carbonyl (C=O) groups excluding carboxylic acids is 1. The van der Waals surface area contributed by atoms with Gasteiger partial charge in [0.25, 0.3) is 0 Å². The van der Waals surface area contributed by atoms with Crippen LogP contribution in [0.25, 0.3) is 0 Å². The molecule has 7 heteroatoms. The van der Waals surface area contributed by atoms with E-state index in [1.54, 1.807) is 12.0 Å². The first-order chi connectivity index (χ1) is 13.3. The fourth-order valence-electron chi connectivity index (χ4n) is 3.99. The summed E-state index contributed by atoms with van der Waals surface area (Å²) in [6, 6.07) is 6.20. The van der Waals surface area contributed by atoms with Gasteiger partial charge in [0.1, 0.15) is 5.75 Å². The maximum atomic E-state index is 12.8. The first-order valence-electron chi connectivity index (χ1n) is 10.2. The molecular formula is C22H37IN4O2. The first kappa shape index (κ1) is 25.5. The molecule has 0 bridgehead atoms. The van der Waals surface area contributed by atoms with Gasteiger partial charge in [-0.25, -0.2) is 0 Å². The number of aliphatic imine (C=N–C) groups is 1. The van der Waals surface area contributed by atoms with Crippen LogP contribution in [-0.2, 0) is 4.79 Å². The van der Waals surface area contributed by atoms with E-state index in [9.17, 15) is 4.79 Å².